The second kappa shape index (κ2) is 7.06. The summed E-state index contributed by atoms with van der Waals surface area (Å²) in [5.74, 6) is 0.621. The maximum Gasteiger partial charge on any atom is 0.253 e. The van der Waals surface area contributed by atoms with Gasteiger partial charge in [0.25, 0.3) is 5.91 Å². The first-order valence-corrected chi connectivity index (χ1v) is 7.05. The molecule has 94 valence electrons. The zero-order chi connectivity index (χ0) is 12.8. The maximum absolute atomic E-state index is 12.1. The Hall–Kier alpha value is -0.490. The van der Waals surface area contributed by atoms with Crippen LogP contribution < -0.4 is 0 Å². The van der Waals surface area contributed by atoms with Crippen molar-refractivity contribution < 1.29 is 9.90 Å². The fourth-order valence-electron chi connectivity index (χ4n) is 1.48. The SMILES string of the molecule is CCN(CCCCl)C(=O)c1ccc(I)c(O)c1. The molecular weight excluding hydrogens is 352 g/mol. The van der Waals surface area contributed by atoms with Crippen LogP contribution in [0.3, 0.4) is 0 Å². The highest BCUT2D eigenvalue weighted by molar-refractivity contribution is 14.1. The standard InChI is InChI=1S/C12H15ClINO2/c1-2-15(7-3-6-13)12(17)9-4-5-10(14)11(16)8-9/h4-5,8,16H,2-3,6-7H2,1H3. The minimum atomic E-state index is -0.0654. The molecule has 0 atom stereocenters. The number of hydrogen-bond donors (Lipinski definition) is 1. The first kappa shape index (κ1) is 14.6. The fraction of sp³-hybridized carbons (Fsp3) is 0.417. The third kappa shape index (κ3) is 4.03. The largest absolute Gasteiger partial charge is 0.507 e. The molecule has 0 bridgehead atoms. The predicted octanol–water partition coefficient (Wildman–Crippen LogP) is 3.09. The summed E-state index contributed by atoms with van der Waals surface area (Å²) in [4.78, 5) is 13.8. The Morgan fingerprint density at radius 3 is 2.76 bits per heavy atom. The van der Waals surface area contributed by atoms with Crippen LogP contribution in [0.1, 0.15) is 23.7 Å². The lowest BCUT2D eigenvalue weighted by molar-refractivity contribution is 0.0764. The van der Waals surface area contributed by atoms with Crippen LogP contribution in [0.5, 0.6) is 5.75 Å². The number of carbonyl (C=O) groups excluding carboxylic acids is 1. The Balaban J connectivity index is 2.82. The molecule has 0 aliphatic rings. The molecule has 1 N–H and O–H groups in total. The summed E-state index contributed by atoms with van der Waals surface area (Å²) >= 11 is 7.64. The van der Waals surface area contributed by atoms with Crippen molar-refractivity contribution in [1.29, 1.82) is 0 Å². The normalized spacial score (nSPS) is 10.3. The minimum Gasteiger partial charge on any atom is -0.507 e. The molecule has 0 saturated heterocycles. The molecule has 1 aromatic carbocycles. The monoisotopic (exact) mass is 367 g/mol. The average molecular weight is 368 g/mol. The smallest absolute Gasteiger partial charge is 0.253 e. The summed E-state index contributed by atoms with van der Waals surface area (Å²) in [7, 11) is 0. The Bertz CT molecular complexity index is 398. The van der Waals surface area contributed by atoms with Crippen LogP contribution in [-0.2, 0) is 0 Å². The highest BCUT2D eigenvalue weighted by atomic mass is 127. The third-order valence-corrected chi connectivity index (χ3v) is 3.60. The number of aromatic hydroxyl groups is 1. The highest BCUT2D eigenvalue weighted by Crippen LogP contribution is 2.21. The van der Waals surface area contributed by atoms with Crippen LogP contribution in [0.4, 0.5) is 0 Å². The van der Waals surface area contributed by atoms with Gasteiger partial charge in [-0.3, -0.25) is 4.79 Å². The minimum absolute atomic E-state index is 0.0654. The lowest BCUT2D eigenvalue weighted by Gasteiger charge is -2.20. The number of phenols is 1. The third-order valence-electron chi connectivity index (χ3n) is 2.42. The van der Waals surface area contributed by atoms with Crippen LogP contribution in [0.25, 0.3) is 0 Å². The summed E-state index contributed by atoms with van der Waals surface area (Å²) in [6, 6.07) is 4.97. The topological polar surface area (TPSA) is 40.5 Å². The van der Waals surface area contributed by atoms with Gasteiger partial charge in [-0.1, -0.05) is 0 Å². The van der Waals surface area contributed by atoms with Gasteiger partial charge < -0.3 is 10.0 Å². The molecule has 0 heterocycles. The van der Waals surface area contributed by atoms with E-state index in [4.69, 9.17) is 11.6 Å². The molecule has 0 aliphatic heterocycles. The lowest BCUT2D eigenvalue weighted by atomic mass is 10.2. The summed E-state index contributed by atoms with van der Waals surface area (Å²) in [5.41, 5.74) is 0.513. The van der Waals surface area contributed by atoms with Crippen molar-refractivity contribution in [3.8, 4) is 5.75 Å². The number of phenolic OH excluding ortho intramolecular Hbond substituents is 1. The molecular formula is C12H15ClINO2. The second-order valence-corrected chi connectivity index (χ2v) is 5.13. The van der Waals surface area contributed by atoms with Crippen molar-refractivity contribution in [2.45, 2.75) is 13.3 Å². The number of rotatable bonds is 5. The van der Waals surface area contributed by atoms with Gasteiger partial charge in [0, 0.05) is 24.5 Å². The Kier molecular flexibility index (Phi) is 6.05. The molecule has 1 rings (SSSR count). The van der Waals surface area contributed by atoms with Crippen molar-refractivity contribution >= 4 is 40.1 Å². The van der Waals surface area contributed by atoms with E-state index in [1.54, 1.807) is 17.0 Å². The molecule has 5 heteroatoms. The van der Waals surface area contributed by atoms with Gasteiger partial charge in [0.2, 0.25) is 0 Å². The van der Waals surface area contributed by atoms with Gasteiger partial charge in [-0.15, -0.1) is 11.6 Å². The first-order valence-electron chi connectivity index (χ1n) is 5.44. The van der Waals surface area contributed by atoms with Gasteiger partial charge in [0.15, 0.2) is 0 Å². The summed E-state index contributed by atoms with van der Waals surface area (Å²) in [6.45, 7) is 3.22. The highest BCUT2D eigenvalue weighted by Gasteiger charge is 2.14. The summed E-state index contributed by atoms with van der Waals surface area (Å²) in [6.07, 6.45) is 0.775. The zero-order valence-corrected chi connectivity index (χ0v) is 12.5. The van der Waals surface area contributed by atoms with Crippen molar-refractivity contribution in [2.75, 3.05) is 19.0 Å². The number of hydrogen-bond acceptors (Lipinski definition) is 2. The van der Waals surface area contributed by atoms with Gasteiger partial charge in [-0.25, -0.2) is 0 Å². The number of carbonyl (C=O) groups is 1. The molecule has 0 aliphatic carbocycles. The average Bonchev–Trinajstić information content (AvgIpc) is 2.33. The van der Waals surface area contributed by atoms with E-state index in [-0.39, 0.29) is 11.7 Å². The summed E-state index contributed by atoms with van der Waals surface area (Å²) in [5, 5.41) is 9.58. The first-order chi connectivity index (χ1) is 8.10. The summed E-state index contributed by atoms with van der Waals surface area (Å²) < 4.78 is 0.739. The van der Waals surface area contributed by atoms with E-state index >= 15 is 0 Å². The van der Waals surface area contributed by atoms with Gasteiger partial charge in [0.05, 0.1) is 3.57 Å². The Morgan fingerprint density at radius 2 is 2.24 bits per heavy atom. The molecule has 1 aromatic rings. The zero-order valence-electron chi connectivity index (χ0n) is 9.62. The number of alkyl halides is 1. The van der Waals surface area contributed by atoms with Gasteiger partial charge >= 0.3 is 0 Å². The molecule has 0 aromatic heterocycles. The lowest BCUT2D eigenvalue weighted by Crippen LogP contribution is -2.31. The fourth-order valence-corrected chi connectivity index (χ4v) is 1.94. The van der Waals surface area contributed by atoms with Crippen LogP contribution in [0, 0.1) is 3.57 Å². The molecule has 0 radical (unpaired) electrons. The van der Waals surface area contributed by atoms with Crippen LogP contribution in [0.2, 0.25) is 0 Å². The van der Waals surface area contributed by atoms with E-state index in [0.717, 1.165) is 9.99 Å². The number of amides is 1. The van der Waals surface area contributed by atoms with Crippen molar-refractivity contribution in [3.05, 3.63) is 27.3 Å². The quantitative estimate of drug-likeness (QED) is 0.642. The van der Waals surface area contributed by atoms with E-state index in [0.29, 0.717) is 24.5 Å². The number of benzene rings is 1. The molecule has 3 nitrogen and oxygen atoms in total. The number of halogens is 2. The van der Waals surface area contributed by atoms with Crippen LogP contribution >= 0.6 is 34.2 Å². The van der Waals surface area contributed by atoms with Crippen molar-refractivity contribution in [1.82, 2.24) is 4.90 Å². The van der Waals surface area contributed by atoms with Crippen LogP contribution in [0.15, 0.2) is 18.2 Å². The second-order valence-electron chi connectivity index (χ2n) is 3.59. The molecule has 17 heavy (non-hydrogen) atoms. The molecule has 0 fully saturated rings. The van der Waals surface area contributed by atoms with E-state index in [1.165, 1.54) is 6.07 Å². The van der Waals surface area contributed by atoms with E-state index in [1.807, 2.05) is 29.5 Å². The van der Waals surface area contributed by atoms with Gasteiger partial charge in [0.1, 0.15) is 5.75 Å². The predicted molar refractivity (Wildman–Crippen MR) is 77.7 cm³/mol. The van der Waals surface area contributed by atoms with Gasteiger partial charge in [-0.2, -0.15) is 0 Å². The van der Waals surface area contributed by atoms with E-state index in [9.17, 15) is 9.90 Å². The molecule has 0 unspecified atom stereocenters. The van der Waals surface area contributed by atoms with Crippen LogP contribution in [-0.4, -0.2) is 34.9 Å². The Morgan fingerprint density at radius 1 is 1.53 bits per heavy atom. The van der Waals surface area contributed by atoms with E-state index < -0.39 is 0 Å². The molecule has 0 spiro atoms. The van der Waals surface area contributed by atoms with Crippen molar-refractivity contribution in [2.24, 2.45) is 0 Å². The van der Waals surface area contributed by atoms with E-state index in [2.05, 4.69) is 0 Å². The van der Waals surface area contributed by atoms with Gasteiger partial charge in [-0.05, 0) is 54.1 Å². The Labute approximate surface area is 120 Å². The van der Waals surface area contributed by atoms with Crippen molar-refractivity contribution in [3.63, 3.8) is 0 Å². The maximum atomic E-state index is 12.1. The molecule has 0 saturated carbocycles. The molecule has 1 amide bonds. The number of nitrogens with zero attached hydrogens (tertiary/aromatic N) is 1.